The van der Waals surface area contributed by atoms with Crippen molar-refractivity contribution in [3.63, 3.8) is 0 Å². The molecule has 25 heavy (non-hydrogen) atoms. The summed E-state index contributed by atoms with van der Waals surface area (Å²) >= 11 is 0. The van der Waals surface area contributed by atoms with Crippen molar-refractivity contribution in [2.45, 2.75) is 12.8 Å². The minimum absolute atomic E-state index is 0.328. The average molecular weight is 327 g/mol. The van der Waals surface area contributed by atoms with E-state index in [1.807, 2.05) is 66.7 Å². The normalized spacial score (nSPS) is 10.9. The molecule has 4 aromatic rings. The van der Waals surface area contributed by atoms with Gasteiger partial charge in [0, 0.05) is 6.42 Å². The van der Waals surface area contributed by atoms with Gasteiger partial charge in [0.1, 0.15) is 0 Å². The maximum Gasteiger partial charge on any atom is 0.346 e. The second-order valence-corrected chi connectivity index (χ2v) is 6.07. The van der Waals surface area contributed by atoms with Gasteiger partial charge in [-0.1, -0.05) is 66.7 Å². The molecular formula is C22H17NO2. The molecule has 0 atom stereocenters. The van der Waals surface area contributed by atoms with E-state index >= 15 is 0 Å². The fourth-order valence-electron chi connectivity index (χ4n) is 2.95. The standard InChI is InChI=1S/C22H17NO2/c24-22-19-14-18(13-16-7-3-1-4-8-16)11-12-20(19)23-21(25-22)15-17-9-5-2-6-10-17/h1-12,14H,13,15H2. The van der Waals surface area contributed by atoms with Crippen LogP contribution >= 0.6 is 0 Å². The van der Waals surface area contributed by atoms with Gasteiger partial charge in [0.2, 0.25) is 5.89 Å². The third-order valence-corrected chi connectivity index (χ3v) is 4.19. The minimum atomic E-state index is -0.328. The molecule has 0 aliphatic carbocycles. The summed E-state index contributed by atoms with van der Waals surface area (Å²) in [5.41, 5.74) is 3.70. The number of nitrogens with zero attached hydrogens (tertiary/aromatic N) is 1. The van der Waals surface area contributed by atoms with E-state index in [2.05, 4.69) is 17.1 Å². The maximum atomic E-state index is 12.4. The molecule has 0 amide bonds. The van der Waals surface area contributed by atoms with Crippen LogP contribution in [0.2, 0.25) is 0 Å². The predicted octanol–water partition coefficient (Wildman–Crippen LogP) is 4.37. The Kier molecular flexibility index (Phi) is 4.13. The van der Waals surface area contributed by atoms with Gasteiger partial charge >= 0.3 is 5.63 Å². The van der Waals surface area contributed by atoms with E-state index < -0.39 is 0 Å². The van der Waals surface area contributed by atoms with Gasteiger partial charge < -0.3 is 4.42 Å². The first-order valence-electron chi connectivity index (χ1n) is 8.28. The molecule has 0 aliphatic rings. The molecule has 3 heteroatoms. The maximum absolute atomic E-state index is 12.4. The van der Waals surface area contributed by atoms with Crippen LogP contribution in [0, 0.1) is 0 Å². The van der Waals surface area contributed by atoms with Gasteiger partial charge in [-0.15, -0.1) is 0 Å². The molecule has 0 N–H and O–H groups in total. The van der Waals surface area contributed by atoms with Crippen molar-refractivity contribution >= 4 is 10.9 Å². The van der Waals surface area contributed by atoms with E-state index in [-0.39, 0.29) is 5.63 Å². The summed E-state index contributed by atoms with van der Waals surface area (Å²) in [6.07, 6.45) is 1.29. The summed E-state index contributed by atoms with van der Waals surface area (Å²) in [6, 6.07) is 25.9. The van der Waals surface area contributed by atoms with E-state index in [9.17, 15) is 4.79 Å². The van der Waals surface area contributed by atoms with Crippen molar-refractivity contribution in [3.8, 4) is 0 Å². The van der Waals surface area contributed by atoms with Crippen LogP contribution in [-0.4, -0.2) is 4.98 Å². The first-order chi connectivity index (χ1) is 12.3. The van der Waals surface area contributed by atoms with Crippen molar-refractivity contribution in [1.82, 2.24) is 4.98 Å². The molecule has 3 aromatic carbocycles. The van der Waals surface area contributed by atoms with E-state index in [1.165, 1.54) is 5.56 Å². The second-order valence-electron chi connectivity index (χ2n) is 6.07. The molecule has 0 spiro atoms. The number of aromatic nitrogens is 1. The average Bonchev–Trinajstić information content (AvgIpc) is 2.64. The third kappa shape index (κ3) is 3.50. The zero-order valence-electron chi connectivity index (χ0n) is 13.7. The van der Waals surface area contributed by atoms with Crippen LogP contribution < -0.4 is 5.63 Å². The molecule has 0 bridgehead atoms. The summed E-state index contributed by atoms with van der Waals surface area (Å²) in [5, 5.41) is 0.533. The summed E-state index contributed by atoms with van der Waals surface area (Å²) in [6.45, 7) is 0. The Morgan fingerprint density at radius 1 is 0.720 bits per heavy atom. The Bertz CT molecular complexity index is 1050. The number of hydrogen-bond donors (Lipinski definition) is 0. The molecule has 0 saturated heterocycles. The smallest absolute Gasteiger partial charge is 0.346 e. The van der Waals surface area contributed by atoms with Gasteiger partial charge in [-0.25, -0.2) is 9.78 Å². The van der Waals surface area contributed by atoms with Crippen LogP contribution in [0.4, 0.5) is 0 Å². The SMILES string of the molecule is O=c1oc(Cc2ccccc2)nc2ccc(Cc3ccccc3)cc12. The lowest BCUT2D eigenvalue weighted by Gasteiger charge is -2.05. The van der Waals surface area contributed by atoms with Crippen LogP contribution in [-0.2, 0) is 12.8 Å². The van der Waals surface area contributed by atoms with Crippen molar-refractivity contribution in [2.75, 3.05) is 0 Å². The molecular weight excluding hydrogens is 310 g/mol. The molecule has 0 fully saturated rings. The van der Waals surface area contributed by atoms with Crippen LogP contribution in [0.5, 0.6) is 0 Å². The van der Waals surface area contributed by atoms with Crippen LogP contribution in [0.1, 0.15) is 22.6 Å². The minimum Gasteiger partial charge on any atom is -0.408 e. The molecule has 122 valence electrons. The molecule has 0 radical (unpaired) electrons. The van der Waals surface area contributed by atoms with Crippen molar-refractivity contribution in [2.24, 2.45) is 0 Å². The molecule has 1 heterocycles. The highest BCUT2D eigenvalue weighted by Crippen LogP contribution is 2.16. The molecule has 1 aromatic heterocycles. The lowest BCUT2D eigenvalue weighted by atomic mass is 10.0. The highest BCUT2D eigenvalue weighted by atomic mass is 16.4. The highest BCUT2D eigenvalue weighted by Gasteiger charge is 2.08. The molecule has 0 saturated carbocycles. The highest BCUT2D eigenvalue weighted by molar-refractivity contribution is 5.77. The van der Waals surface area contributed by atoms with Gasteiger partial charge in [0.15, 0.2) is 0 Å². The Hall–Kier alpha value is -3.20. The van der Waals surface area contributed by atoms with Crippen LogP contribution in [0.3, 0.4) is 0 Å². The Morgan fingerprint density at radius 3 is 2.04 bits per heavy atom. The van der Waals surface area contributed by atoms with Gasteiger partial charge in [-0.3, -0.25) is 0 Å². The Balaban J connectivity index is 1.66. The number of hydrogen-bond acceptors (Lipinski definition) is 3. The van der Waals surface area contributed by atoms with Gasteiger partial charge in [0.25, 0.3) is 0 Å². The lowest BCUT2D eigenvalue weighted by molar-refractivity contribution is 0.454. The molecule has 4 rings (SSSR count). The number of rotatable bonds is 4. The molecule has 0 aliphatic heterocycles. The number of fused-ring (bicyclic) bond motifs is 1. The van der Waals surface area contributed by atoms with Crippen molar-refractivity contribution in [3.05, 3.63) is 112 Å². The van der Waals surface area contributed by atoms with Crippen molar-refractivity contribution < 1.29 is 4.42 Å². The zero-order valence-corrected chi connectivity index (χ0v) is 13.7. The Morgan fingerprint density at radius 2 is 1.36 bits per heavy atom. The van der Waals surface area contributed by atoms with E-state index in [1.54, 1.807) is 0 Å². The first-order valence-corrected chi connectivity index (χ1v) is 8.28. The first kappa shape index (κ1) is 15.3. The van der Waals surface area contributed by atoms with Crippen molar-refractivity contribution in [1.29, 1.82) is 0 Å². The predicted molar refractivity (Wildman–Crippen MR) is 98.8 cm³/mol. The quantitative estimate of drug-likeness (QED) is 0.559. The van der Waals surface area contributed by atoms with Crippen LogP contribution in [0.25, 0.3) is 10.9 Å². The van der Waals surface area contributed by atoms with E-state index in [4.69, 9.17) is 4.42 Å². The summed E-state index contributed by atoms with van der Waals surface area (Å²) < 4.78 is 5.43. The second kappa shape index (κ2) is 6.73. The third-order valence-electron chi connectivity index (χ3n) is 4.19. The monoisotopic (exact) mass is 327 g/mol. The van der Waals surface area contributed by atoms with Gasteiger partial charge in [0.05, 0.1) is 10.9 Å². The Labute approximate surface area is 145 Å². The fourth-order valence-corrected chi connectivity index (χ4v) is 2.95. The van der Waals surface area contributed by atoms with Gasteiger partial charge in [-0.05, 0) is 35.2 Å². The topological polar surface area (TPSA) is 43.1 Å². The summed E-state index contributed by atoms with van der Waals surface area (Å²) in [4.78, 5) is 16.9. The number of benzene rings is 3. The summed E-state index contributed by atoms with van der Waals surface area (Å²) in [7, 11) is 0. The largest absolute Gasteiger partial charge is 0.408 e. The lowest BCUT2D eigenvalue weighted by Crippen LogP contribution is -2.06. The van der Waals surface area contributed by atoms with Gasteiger partial charge in [-0.2, -0.15) is 0 Å². The zero-order chi connectivity index (χ0) is 17.1. The molecule has 3 nitrogen and oxygen atoms in total. The molecule has 0 unspecified atom stereocenters. The summed E-state index contributed by atoms with van der Waals surface area (Å²) in [5.74, 6) is 0.444. The fraction of sp³-hybridized carbons (Fsp3) is 0.0909. The van der Waals surface area contributed by atoms with Crippen LogP contribution in [0.15, 0.2) is 88.1 Å². The van der Waals surface area contributed by atoms with E-state index in [0.717, 1.165) is 17.5 Å². The van der Waals surface area contributed by atoms with E-state index in [0.29, 0.717) is 23.2 Å².